The Labute approximate surface area is 96.8 Å². The van der Waals surface area contributed by atoms with Crippen LogP contribution in [0.4, 0.5) is 11.4 Å². The van der Waals surface area contributed by atoms with Crippen LogP contribution >= 0.6 is 0 Å². The summed E-state index contributed by atoms with van der Waals surface area (Å²) in [5.74, 6) is -1.49. The van der Waals surface area contributed by atoms with Crippen LogP contribution in [0.3, 0.4) is 0 Å². The molecule has 6 heteroatoms. The van der Waals surface area contributed by atoms with Crippen LogP contribution in [0.1, 0.15) is 35.7 Å². The average Bonchev–Trinajstić information content (AvgIpc) is 2.54. The van der Waals surface area contributed by atoms with Gasteiger partial charge in [-0.15, -0.1) is 0 Å². The fourth-order valence-corrected chi connectivity index (χ4v) is 1.73. The van der Waals surface area contributed by atoms with E-state index in [-0.39, 0.29) is 22.9 Å². The Hall–Kier alpha value is -2.24. The van der Waals surface area contributed by atoms with E-state index in [1.54, 1.807) is 0 Å². The second-order valence-electron chi connectivity index (χ2n) is 4.16. The number of nitro groups is 1. The Morgan fingerprint density at radius 1 is 1.29 bits per heavy atom. The summed E-state index contributed by atoms with van der Waals surface area (Å²) in [6, 6.07) is 2.93. The molecule has 1 N–H and O–H groups in total. The third kappa shape index (κ3) is 1.67. The Morgan fingerprint density at radius 2 is 1.94 bits per heavy atom. The van der Waals surface area contributed by atoms with Crippen molar-refractivity contribution in [1.82, 2.24) is 0 Å². The topological polar surface area (TPSA) is 89.3 Å². The largest absolute Gasteiger partial charge is 0.313 e. The molecule has 1 aliphatic heterocycles. The van der Waals surface area contributed by atoms with E-state index < -0.39 is 16.6 Å². The minimum atomic E-state index is -0.816. The predicted octanol–water partition coefficient (Wildman–Crippen LogP) is 1.85. The average molecular weight is 234 g/mol. The van der Waals surface area contributed by atoms with E-state index in [0.717, 1.165) is 0 Å². The molecule has 2 rings (SSSR count). The molecule has 0 aromatic heterocycles. The Balaban J connectivity index is 2.70. The fourth-order valence-electron chi connectivity index (χ4n) is 1.73. The second kappa shape index (κ2) is 3.65. The van der Waals surface area contributed by atoms with Crippen molar-refractivity contribution >= 4 is 23.1 Å². The van der Waals surface area contributed by atoms with Crippen molar-refractivity contribution in [3.63, 3.8) is 0 Å². The lowest BCUT2D eigenvalue weighted by molar-refractivity contribution is -0.384. The smallest absolute Gasteiger partial charge is 0.297 e. The molecule has 0 aliphatic carbocycles. The first kappa shape index (κ1) is 11.3. The first-order valence-electron chi connectivity index (χ1n) is 5.10. The number of anilines is 1. The van der Waals surface area contributed by atoms with Gasteiger partial charge in [0.05, 0.1) is 10.5 Å². The van der Waals surface area contributed by atoms with Gasteiger partial charge in [-0.3, -0.25) is 19.7 Å². The lowest BCUT2D eigenvalue weighted by atomic mass is 9.98. The van der Waals surface area contributed by atoms with E-state index in [2.05, 4.69) is 5.32 Å². The molecule has 0 bridgehead atoms. The number of Topliss-reactive ketones (excluding diaryl/α,β-unsaturated/α-hetero) is 1. The van der Waals surface area contributed by atoms with Crippen LogP contribution in [0.25, 0.3) is 0 Å². The highest BCUT2D eigenvalue weighted by Crippen LogP contribution is 2.36. The van der Waals surface area contributed by atoms with Gasteiger partial charge in [0.25, 0.3) is 17.4 Å². The highest BCUT2D eigenvalue weighted by Gasteiger charge is 2.34. The van der Waals surface area contributed by atoms with Gasteiger partial charge >= 0.3 is 0 Å². The first-order chi connectivity index (χ1) is 7.91. The summed E-state index contributed by atoms with van der Waals surface area (Å²) in [4.78, 5) is 33.0. The summed E-state index contributed by atoms with van der Waals surface area (Å²) < 4.78 is 0. The minimum Gasteiger partial charge on any atom is -0.313 e. The van der Waals surface area contributed by atoms with Crippen molar-refractivity contribution < 1.29 is 14.5 Å². The fraction of sp³-hybridized carbons (Fsp3) is 0.273. The quantitative estimate of drug-likeness (QED) is 0.480. The van der Waals surface area contributed by atoms with Crippen molar-refractivity contribution in [2.75, 3.05) is 5.32 Å². The van der Waals surface area contributed by atoms with Crippen LogP contribution < -0.4 is 5.32 Å². The molecule has 1 amide bonds. The number of fused-ring (bicyclic) bond motifs is 1. The molecular weight excluding hydrogens is 224 g/mol. The monoisotopic (exact) mass is 234 g/mol. The summed E-state index contributed by atoms with van der Waals surface area (Å²) in [5.41, 5.74) is 0.535. The maximum Gasteiger partial charge on any atom is 0.297 e. The van der Waals surface area contributed by atoms with Crippen LogP contribution in [0.5, 0.6) is 0 Å². The van der Waals surface area contributed by atoms with E-state index >= 15 is 0 Å². The van der Waals surface area contributed by atoms with Gasteiger partial charge in [-0.25, -0.2) is 0 Å². The highest BCUT2D eigenvalue weighted by molar-refractivity contribution is 6.52. The van der Waals surface area contributed by atoms with E-state index in [1.165, 1.54) is 12.1 Å². The molecular formula is C11H10N2O4. The number of nitrogens with one attached hydrogen (secondary N) is 1. The molecule has 1 heterocycles. The zero-order valence-corrected chi connectivity index (χ0v) is 9.31. The zero-order valence-electron chi connectivity index (χ0n) is 9.31. The number of nitro benzene ring substituents is 1. The van der Waals surface area contributed by atoms with E-state index in [9.17, 15) is 19.7 Å². The molecule has 0 saturated carbocycles. The molecule has 88 valence electrons. The number of amides is 1. The Bertz CT molecular complexity index is 549. The number of hydrogen-bond donors (Lipinski definition) is 1. The lowest BCUT2D eigenvalue weighted by Crippen LogP contribution is -2.12. The molecule has 1 aromatic rings. The third-order valence-corrected chi connectivity index (χ3v) is 2.69. The maximum absolute atomic E-state index is 11.5. The van der Waals surface area contributed by atoms with Crippen molar-refractivity contribution in [2.45, 2.75) is 19.8 Å². The lowest BCUT2D eigenvalue weighted by Gasteiger charge is -2.07. The van der Waals surface area contributed by atoms with Gasteiger partial charge in [0, 0.05) is 6.07 Å². The normalized spacial score (nSPS) is 13.8. The van der Waals surface area contributed by atoms with Gasteiger partial charge in [0.1, 0.15) is 5.69 Å². The van der Waals surface area contributed by atoms with Gasteiger partial charge in [-0.05, 0) is 17.5 Å². The van der Waals surface area contributed by atoms with Crippen LogP contribution in [0, 0.1) is 10.1 Å². The first-order valence-corrected chi connectivity index (χ1v) is 5.10. The number of ketones is 1. The van der Waals surface area contributed by atoms with E-state index in [4.69, 9.17) is 0 Å². The van der Waals surface area contributed by atoms with Gasteiger partial charge in [0.2, 0.25) is 0 Å². The molecule has 0 fully saturated rings. The molecule has 0 radical (unpaired) electrons. The third-order valence-electron chi connectivity index (χ3n) is 2.69. The van der Waals surface area contributed by atoms with Crippen molar-refractivity contribution in [1.29, 1.82) is 0 Å². The van der Waals surface area contributed by atoms with Gasteiger partial charge in [-0.1, -0.05) is 13.8 Å². The minimum absolute atomic E-state index is 0.00870. The highest BCUT2D eigenvalue weighted by atomic mass is 16.6. The van der Waals surface area contributed by atoms with Crippen LogP contribution in [0.15, 0.2) is 12.1 Å². The molecule has 17 heavy (non-hydrogen) atoms. The zero-order chi connectivity index (χ0) is 12.7. The number of hydrogen-bond acceptors (Lipinski definition) is 4. The van der Waals surface area contributed by atoms with E-state index in [0.29, 0.717) is 5.56 Å². The van der Waals surface area contributed by atoms with Crippen molar-refractivity contribution in [2.24, 2.45) is 0 Å². The SMILES string of the molecule is CC(C)c1cc2c(c([N+](=O)[O-])c1)NC(=O)C2=O. The number of rotatable bonds is 2. The van der Waals surface area contributed by atoms with Crippen molar-refractivity contribution in [3.8, 4) is 0 Å². The molecule has 6 nitrogen and oxygen atoms in total. The Kier molecular flexibility index (Phi) is 2.42. The standard InChI is InChI=1S/C11H10N2O4/c1-5(2)6-3-7-9(8(4-6)13(16)17)12-11(15)10(7)14/h3-5H,1-2H3,(H,12,14,15). The summed E-state index contributed by atoms with van der Waals surface area (Å²) >= 11 is 0. The number of nitrogens with zero attached hydrogens (tertiary/aromatic N) is 1. The molecule has 0 unspecified atom stereocenters. The number of carbonyl (C=O) groups excluding carboxylic acids is 2. The summed E-state index contributed by atoms with van der Waals surface area (Å²) in [7, 11) is 0. The second-order valence-corrected chi connectivity index (χ2v) is 4.16. The summed E-state index contributed by atoms with van der Waals surface area (Å²) in [5, 5.41) is 13.1. The molecule has 1 aromatic carbocycles. The van der Waals surface area contributed by atoms with Gasteiger partial charge in [-0.2, -0.15) is 0 Å². The molecule has 0 spiro atoms. The van der Waals surface area contributed by atoms with Gasteiger partial charge in [0.15, 0.2) is 0 Å². The van der Waals surface area contributed by atoms with Crippen LogP contribution in [0.2, 0.25) is 0 Å². The molecule has 1 aliphatic rings. The number of carbonyl (C=O) groups is 2. The molecule has 0 atom stereocenters. The Morgan fingerprint density at radius 3 is 2.47 bits per heavy atom. The van der Waals surface area contributed by atoms with Gasteiger partial charge < -0.3 is 5.32 Å². The predicted molar refractivity (Wildman–Crippen MR) is 60.1 cm³/mol. The maximum atomic E-state index is 11.5. The summed E-state index contributed by atoms with van der Waals surface area (Å²) in [6.45, 7) is 3.72. The van der Waals surface area contributed by atoms with E-state index in [1.807, 2.05) is 13.8 Å². The van der Waals surface area contributed by atoms with Crippen LogP contribution in [-0.4, -0.2) is 16.6 Å². The number of benzene rings is 1. The van der Waals surface area contributed by atoms with Crippen LogP contribution in [-0.2, 0) is 4.79 Å². The summed E-state index contributed by atoms with van der Waals surface area (Å²) in [6.07, 6.45) is 0. The van der Waals surface area contributed by atoms with Crippen molar-refractivity contribution in [3.05, 3.63) is 33.4 Å². The molecule has 0 saturated heterocycles.